The van der Waals surface area contributed by atoms with E-state index in [-0.39, 0.29) is 42.5 Å². The highest BCUT2D eigenvalue weighted by molar-refractivity contribution is 6.05. The van der Waals surface area contributed by atoms with Gasteiger partial charge in [-0.2, -0.15) is 23.5 Å². The molecule has 0 radical (unpaired) electrons. The van der Waals surface area contributed by atoms with E-state index < -0.39 is 65.5 Å². The molecule has 1 saturated carbocycles. The molecule has 2 unspecified atom stereocenters. The number of hydrogen-bond donors (Lipinski definition) is 2. The molecule has 0 spiro atoms. The van der Waals surface area contributed by atoms with E-state index in [1.807, 2.05) is 10.8 Å². The number of carbonyl (C=O) groups is 3. The Kier molecular flexibility index (Phi) is 10.5. The molecule has 3 aliphatic rings. The number of aromatic nitrogens is 5. The lowest BCUT2D eigenvalue weighted by Crippen LogP contribution is -2.58. The number of benzene rings is 2. The van der Waals surface area contributed by atoms with E-state index in [9.17, 15) is 37.6 Å². The Morgan fingerprint density at radius 2 is 1.80 bits per heavy atom. The molecule has 314 valence electrons. The fraction of sp³-hybridized carbons (Fsp3) is 0.439. The number of aryl methyl sites for hydroxylation is 1. The van der Waals surface area contributed by atoms with Crippen molar-refractivity contribution in [2.75, 3.05) is 36.9 Å². The maximum absolute atomic E-state index is 16.1. The van der Waals surface area contributed by atoms with Crippen LogP contribution in [0.2, 0.25) is 0 Å². The Hall–Kier alpha value is -6.16. The number of alkyl halides is 5. The number of imide groups is 1. The van der Waals surface area contributed by atoms with Crippen LogP contribution in [0.15, 0.2) is 59.5 Å². The lowest BCUT2D eigenvalue weighted by Gasteiger charge is -2.44. The Balaban J connectivity index is 0.898. The number of fused-ring (bicyclic) bond motifs is 2. The van der Waals surface area contributed by atoms with Crippen LogP contribution in [0.3, 0.4) is 0 Å². The lowest BCUT2D eigenvalue weighted by molar-refractivity contribution is -0.141. The predicted molar refractivity (Wildman–Crippen MR) is 209 cm³/mol. The number of hydrogen-bond acceptors (Lipinski definition) is 9. The summed E-state index contributed by atoms with van der Waals surface area (Å²) in [6, 6.07) is 11.2. The first-order valence-electron chi connectivity index (χ1n) is 19.7. The van der Waals surface area contributed by atoms with E-state index in [1.165, 1.54) is 15.2 Å². The van der Waals surface area contributed by atoms with E-state index in [0.717, 1.165) is 43.9 Å². The average molecular weight is 833 g/mol. The van der Waals surface area contributed by atoms with Crippen LogP contribution >= 0.6 is 0 Å². The molecule has 60 heavy (non-hydrogen) atoms. The first-order valence-corrected chi connectivity index (χ1v) is 19.7. The quantitative estimate of drug-likeness (QED) is 0.146. The second-order valence-corrected chi connectivity index (χ2v) is 16.0. The molecule has 19 heteroatoms. The van der Waals surface area contributed by atoms with Crippen LogP contribution in [-0.2, 0) is 22.8 Å². The van der Waals surface area contributed by atoms with E-state index in [1.54, 1.807) is 54.4 Å². The van der Waals surface area contributed by atoms with Gasteiger partial charge in [0.2, 0.25) is 11.8 Å². The van der Waals surface area contributed by atoms with Crippen LogP contribution in [0, 0.1) is 17.2 Å². The smallest absolute Gasteiger partial charge is 0.364 e. The fourth-order valence-electron chi connectivity index (χ4n) is 9.08. The van der Waals surface area contributed by atoms with Crippen LogP contribution in [-0.4, -0.2) is 85.2 Å². The van der Waals surface area contributed by atoms with Crippen molar-refractivity contribution in [1.29, 1.82) is 5.26 Å². The number of pyridine rings is 1. The number of nitrogens with one attached hydrogen (secondary N) is 2. The molecule has 5 aromatic rings. The van der Waals surface area contributed by atoms with Crippen molar-refractivity contribution in [2.45, 2.75) is 75.2 Å². The van der Waals surface area contributed by atoms with E-state index >= 15 is 8.78 Å². The topological polar surface area (TPSA) is 163 Å². The second kappa shape index (κ2) is 15.5. The van der Waals surface area contributed by atoms with Gasteiger partial charge in [0, 0.05) is 38.1 Å². The summed E-state index contributed by atoms with van der Waals surface area (Å²) in [6.45, 7) is 0.240. The summed E-state index contributed by atoms with van der Waals surface area (Å²) in [4.78, 5) is 57.5. The zero-order valence-corrected chi connectivity index (χ0v) is 32.7. The highest BCUT2D eigenvalue weighted by atomic mass is 19.4. The molecule has 2 atom stereocenters. The fourth-order valence-corrected chi connectivity index (χ4v) is 9.08. The molecule has 2 N–H and O–H groups in total. The normalized spacial score (nSPS) is 22.3. The van der Waals surface area contributed by atoms with Gasteiger partial charge < -0.3 is 10.2 Å². The molecule has 3 aromatic heterocycles. The number of halogens is 5. The van der Waals surface area contributed by atoms with Crippen LogP contribution < -0.4 is 21.2 Å². The van der Waals surface area contributed by atoms with Crippen LogP contribution in [0.1, 0.15) is 78.8 Å². The largest absolute Gasteiger partial charge is 0.433 e. The molecule has 14 nitrogen and oxygen atoms in total. The zero-order chi connectivity index (χ0) is 42.7. The Labute approximate surface area is 339 Å². The summed E-state index contributed by atoms with van der Waals surface area (Å²) in [5, 5.41) is 19.9. The maximum Gasteiger partial charge on any atom is 0.433 e. The minimum absolute atomic E-state index is 0.00467. The van der Waals surface area contributed by atoms with Crippen molar-refractivity contribution < 1.29 is 36.3 Å². The minimum Gasteiger partial charge on any atom is -0.364 e. The standard InChI is InChI=1S/C41H41F5N10O4/c1-52(34-15-16-54(22-40(34,42)43)30-6-4-7-31-36(30)53(2)39(60)56(31)32-13-14-35(57)50-38(32)59)20-23-9-11-26(12-10-23)55-21-25-18-28(24(19-47)17-29(25)51-55)49-37(58)27-5-3-8-33(48-27)41(44,45)46/h3-8,17-18,21,23,26,32,34H,9-16,20,22H2,1-2H3,(H,49,58)(H,50,57,59). The van der Waals surface area contributed by atoms with E-state index in [4.69, 9.17) is 0 Å². The van der Waals surface area contributed by atoms with Gasteiger partial charge >= 0.3 is 11.9 Å². The first-order chi connectivity index (χ1) is 28.5. The van der Waals surface area contributed by atoms with Crippen molar-refractivity contribution in [2.24, 2.45) is 13.0 Å². The molecular weight excluding hydrogens is 792 g/mol. The zero-order valence-electron chi connectivity index (χ0n) is 32.7. The van der Waals surface area contributed by atoms with Gasteiger partial charge in [-0.15, -0.1) is 0 Å². The number of nitrogens with zero attached hydrogens (tertiary/aromatic N) is 8. The number of piperidine rings is 2. The summed E-state index contributed by atoms with van der Waals surface area (Å²) in [5.74, 6) is -4.80. The number of nitriles is 1. The van der Waals surface area contributed by atoms with E-state index in [0.29, 0.717) is 40.7 Å². The van der Waals surface area contributed by atoms with Crippen molar-refractivity contribution in [3.05, 3.63) is 82.2 Å². The summed E-state index contributed by atoms with van der Waals surface area (Å²) in [7, 11) is 3.28. The number of anilines is 2. The summed E-state index contributed by atoms with van der Waals surface area (Å²) in [5.41, 5.74) is -0.0930. The van der Waals surface area contributed by atoms with Gasteiger partial charge in [0.25, 0.3) is 11.8 Å². The van der Waals surface area contributed by atoms with Gasteiger partial charge in [-0.1, -0.05) is 12.1 Å². The van der Waals surface area contributed by atoms with Gasteiger partial charge in [-0.25, -0.2) is 18.6 Å². The molecule has 5 heterocycles. The molecule has 8 rings (SSSR count). The Bertz CT molecular complexity index is 2620. The first kappa shape index (κ1) is 40.6. The number of imidazole rings is 1. The third-order valence-corrected chi connectivity index (χ3v) is 12.1. The highest BCUT2D eigenvalue weighted by Gasteiger charge is 2.47. The van der Waals surface area contributed by atoms with Gasteiger partial charge in [-0.3, -0.25) is 38.4 Å². The predicted octanol–water partition coefficient (Wildman–Crippen LogP) is 5.78. The second-order valence-electron chi connectivity index (χ2n) is 16.0. The minimum atomic E-state index is -4.73. The van der Waals surface area contributed by atoms with Crippen LogP contribution in [0.5, 0.6) is 0 Å². The number of carbonyl (C=O) groups excluding carboxylic acids is 3. The van der Waals surface area contributed by atoms with E-state index in [2.05, 4.69) is 20.7 Å². The SMILES string of the molecule is CN(CC1CCC(n2cc3cc(NC(=O)c4cccc(C(F)(F)F)n4)c(C#N)cc3n2)CC1)C1CCN(c2cccc3c2n(C)c(=O)n3C2CCC(=O)NC2=O)CC1(F)F. The van der Waals surface area contributed by atoms with Gasteiger partial charge in [0.05, 0.1) is 52.1 Å². The summed E-state index contributed by atoms with van der Waals surface area (Å²) in [6.07, 6.45) is 0.500. The van der Waals surface area contributed by atoms with Crippen LogP contribution in [0.4, 0.5) is 33.3 Å². The highest BCUT2D eigenvalue weighted by Crippen LogP contribution is 2.39. The average Bonchev–Trinajstić information content (AvgIpc) is 3.74. The number of rotatable bonds is 8. The molecule has 2 aromatic carbocycles. The molecular formula is C41H41F5N10O4. The Morgan fingerprint density at radius 3 is 2.50 bits per heavy atom. The third-order valence-electron chi connectivity index (χ3n) is 12.1. The molecule has 2 aliphatic heterocycles. The number of para-hydroxylation sites is 1. The van der Waals surface area contributed by atoms with Crippen molar-refractivity contribution in [3.63, 3.8) is 0 Å². The molecule has 3 amide bonds. The molecule has 0 bridgehead atoms. The molecule has 2 saturated heterocycles. The Morgan fingerprint density at radius 1 is 1.05 bits per heavy atom. The van der Waals surface area contributed by atoms with Gasteiger partial charge in [0.1, 0.15) is 23.5 Å². The maximum atomic E-state index is 16.1. The summed E-state index contributed by atoms with van der Waals surface area (Å²) >= 11 is 0. The molecule has 3 fully saturated rings. The van der Waals surface area contributed by atoms with Crippen molar-refractivity contribution >= 4 is 51.0 Å². The number of amides is 3. The van der Waals surface area contributed by atoms with Crippen molar-refractivity contribution in [1.82, 2.24) is 34.1 Å². The monoisotopic (exact) mass is 832 g/mol. The summed E-state index contributed by atoms with van der Waals surface area (Å²) < 4.78 is 76.2. The van der Waals surface area contributed by atoms with Gasteiger partial charge in [0.15, 0.2) is 0 Å². The third kappa shape index (κ3) is 7.59. The lowest BCUT2D eigenvalue weighted by atomic mass is 9.85. The van der Waals surface area contributed by atoms with Crippen LogP contribution in [0.25, 0.3) is 21.9 Å². The van der Waals surface area contributed by atoms with Gasteiger partial charge in [-0.05, 0) is 87.9 Å². The van der Waals surface area contributed by atoms with Crippen molar-refractivity contribution in [3.8, 4) is 6.07 Å². The molecule has 1 aliphatic carbocycles.